The first-order valence-corrected chi connectivity index (χ1v) is 11.5. The van der Waals surface area contributed by atoms with Crippen molar-refractivity contribution in [3.8, 4) is 0 Å². The van der Waals surface area contributed by atoms with Gasteiger partial charge in [-0.3, -0.25) is 19.2 Å². The fourth-order valence-electron chi connectivity index (χ4n) is 3.80. The molecule has 6 N–H and O–H groups in total. The molecule has 0 radical (unpaired) electrons. The molecule has 11 nitrogen and oxygen atoms in total. The van der Waals surface area contributed by atoms with Crippen molar-refractivity contribution in [2.45, 2.75) is 38.3 Å². The summed E-state index contributed by atoms with van der Waals surface area (Å²) in [6.07, 6.45) is 2.30. The van der Waals surface area contributed by atoms with Crippen LogP contribution in [0.25, 0.3) is 10.9 Å². The highest BCUT2D eigenvalue weighted by Gasteiger charge is 2.27. The summed E-state index contributed by atoms with van der Waals surface area (Å²) in [5.41, 5.74) is 2.00. The molecule has 3 aromatic rings. The topological polar surface area (TPSA) is 181 Å². The van der Waals surface area contributed by atoms with Crippen molar-refractivity contribution < 1.29 is 29.1 Å². The van der Waals surface area contributed by atoms with Crippen molar-refractivity contribution in [1.29, 1.82) is 5.41 Å². The maximum absolute atomic E-state index is 13.2. The van der Waals surface area contributed by atoms with Gasteiger partial charge < -0.3 is 31.5 Å². The standard InChI is InChI=1S/C26H27N5O6/c1-15(32)29-23(12-17-14-28-21-5-3-2-4-20(17)21)25(35)31-22(11-10-19(33)13-27)24(34)30-18-8-6-16(7-9-18)26(36)37/h2-9,13-14,22-23,27-28H,10-12H2,1H3,(H,29,32)(H,30,34)(H,31,35)(H,36,37)/t22-,23-/m0/s1. The van der Waals surface area contributed by atoms with Gasteiger partial charge in [0.25, 0.3) is 0 Å². The number of fused-ring (bicyclic) bond motifs is 1. The van der Waals surface area contributed by atoms with E-state index < -0.39 is 41.6 Å². The van der Waals surface area contributed by atoms with Crippen molar-refractivity contribution in [1.82, 2.24) is 15.6 Å². The minimum absolute atomic E-state index is 0.0369. The van der Waals surface area contributed by atoms with Crippen LogP contribution in [0.2, 0.25) is 0 Å². The Morgan fingerprint density at radius 1 is 0.973 bits per heavy atom. The van der Waals surface area contributed by atoms with Gasteiger partial charge in [-0.25, -0.2) is 4.79 Å². The predicted molar refractivity (Wildman–Crippen MR) is 137 cm³/mol. The second kappa shape index (κ2) is 12.2. The zero-order valence-electron chi connectivity index (χ0n) is 20.0. The monoisotopic (exact) mass is 505 g/mol. The van der Waals surface area contributed by atoms with E-state index in [-0.39, 0.29) is 24.8 Å². The van der Waals surface area contributed by atoms with Crippen LogP contribution < -0.4 is 16.0 Å². The van der Waals surface area contributed by atoms with Crippen molar-refractivity contribution in [2.75, 3.05) is 5.32 Å². The molecule has 0 saturated carbocycles. The molecule has 192 valence electrons. The third-order valence-electron chi connectivity index (χ3n) is 5.67. The van der Waals surface area contributed by atoms with Crippen molar-refractivity contribution in [2.24, 2.45) is 0 Å². The van der Waals surface area contributed by atoms with Crippen molar-refractivity contribution >= 4 is 52.3 Å². The van der Waals surface area contributed by atoms with Crippen LogP contribution in [0.15, 0.2) is 54.7 Å². The van der Waals surface area contributed by atoms with Crippen LogP contribution in [0.1, 0.15) is 35.7 Å². The molecule has 0 spiro atoms. The number of Topliss-reactive ketones (excluding diaryl/α,β-unsaturated/α-hetero) is 1. The number of aromatic amines is 1. The number of rotatable bonds is 12. The minimum Gasteiger partial charge on any atom is -0.478 e. The molecule has 2 atom stereocenters. The molecular weight excluding hydrogens is 478 g/mol. The Hall–Kier alpha value is -4.80. The molecule has 2 aromatic carbocycles. The number of aromatic carboxylic acids is 1. The lowest BCUT2D eigenvalue weighted by Crippen LogP contribution is -2.53. The summed E-state index contributed by atoms with van der Waals surface area (Å²) in [4.78, 5) is 63.9. The lowest BCUT2D eigenvalue weighted by molar-refractivity contribution is -0.130. The number of ketones is 1. The van der Waals surface area contributed by atoms with E-state index in [2.05, 4.69) is 20.9 Å². The predicted octanol–water partition coefficient (Wildman–Crippen LogP) is 2.04. The summed E-state index contributed by atoms with van der Waals surface area (Å²) in [6.45, 7) is 1.28. The van der Waals surface area contributed by atoms with E-state index in [1.54, 1.807) is 6.20 Å². The molecule has 0 aliphatic heterocycles. The molecule has 0 aliphatic carbocycles. The fraction of sp³-hybridized carbons (Fsp3) is 0.231. The number of nitrogens with one attached hydrogen (secondary N) is 5. The van der Waals surface area contributed by atoms with Gasteiger partial charge in [0, 0.05) is 42.6 Å². The molecule has 11 heteroatoms. The zero-order valence-corrected chi connectivity index (χ0v) is 20.0. The molecular formula is C26H27N5O6. The van der Waals surface area contributed by atoms with Gasteiger partial charge in [-0.15, -0.1) is 0 Å². The number of benzene rings is 2. The van der Waals surface area contributed by atoms with Gasteiger partial charge in [0.05, 0.1) is 11.8 Å². The van der Waals surface area contributed by atoms with Crippen LogP contribution in [0, 0.1) is 5.41 Å². The maximum Gasteiger partial charge on any atom is 0.335 e. The molecule has 3 amide bonds. The Morgan fingerprint density at radius 3 is 2.32 bits per heavy atom. The first kappa shape index (κ1) is 26.8. The number of para-hydroxylation sites is 1. The number of amides is 3. The highest BCUT2D eigenvalue weighted by Crippen LogP contribution is 2.19. The fourth-order valence-corrected chi connectivity index (χ4v) is 3.80. The second-order valence-corrected chi connectivity index (χ2v) is 8.40. The van der Waals surface area contributed by atoms with Gasteiger partial charge in [-0.1, -0.05) is 18.2 Å². The lowest BCUT2D eigenvalue weighted by atomic mass is 10.0. The molecule has 0 aliphatic rings. The van der Waals surface area contributed by atoms with E-state index in [1.165, 1.54) is 31.2 Å². The Balaban J connectivity index is 1.78. The third kappa shape index (κ3) is 7.34. The van der Waals surface area contributed by atoms with E-state index in [9.17, 15) is 24.0 Å². The van der Waals surface area contributed by atoms with Crippen molar-refractivity contribution in [3.63, 3.8) is 0 Å². The molecule has 0 unspecified atom stereocenters. The van der Waals surface area contributed by atoms with Gasteiger partial charge in [0.15, 0.2) is 5.78 Å². The Bertz CT molecular complexity index is 1330. The summed E-state index contributed by atoms with van der Waals surface area (Å²) >= 11 is 0. The first-order valence-electron chi connectivity index (χ1n) is 11.5. The number of carboxylic acid groups (broad SMARTS) is 1. The average Bonchev–Trinajstić information content (AvgIpc) is 3.28. The van der Waals surface area contributed by atoms with E-state index in [1.807, 2.05) is 24.3 Å². The van der Waals surface area contributed by atoms with E-state index >= 15 is 0 Å². The summed E-state index contributed by atoms with van der Waals surface area (Å²) in [5.74, 6) is -3.33. The Kier molecular flexibility index (Phi) is 8.87. The van der Waals surface area contributed by atoms with E-state index in [0.717, 1.165) is 16.5 Å². The zero-order chi connectivity index (χ0) is 26.9. The van der Waals surface area contributed by atoms with Gasteiger partial charge in [0.1, 0.15) is 12.1 Å². The summed E-state index contributed by atoms with van der Waals surface area (Å²) < 4.78 is 0. The largest absolute Gasteiger partial charge is 0.478 e. The third-order valence-corrected chi connectivity index (χ3v) is 5.67. The van der Waals surface area contributed by atoms with Crippen LogP contribution in [0.5, 0.6) is 0 Å². The number of hydrogen-bond donors (Lipinski definition) is 6. The maximum atomic E-state index is 13.2. The summed E-state index contributed by atoms with van der Waals surface area (Å²) in [7, 11) is 0. The molecule has 1 heterocycles. The average molecular weight is 506 g/mol. The molecule has 37 heavy (non-hydrogen) atoms. The lowest BCUT2D eigenvalue weighted by Gasteiger charge is -2.23. The van der Waals surface area contributed by atoms with Crippen LogP contribution >= 0.6 is 0 Å². The number of carboxylic acids is 1. The SMILES string of the molecule is CC(=O)N[C@@H](Cc1c[nH]c2ccccc12)C(=O)N[C@@H](CCC(=O)C=N)C(=O)Nc1ccc(C(=O)O)cc1. The number of carbonyl (C=O) groups excluding carboxylic acids is 4. The van der Waals surface area contributed by atoms with Crippen LogP contribution in [0.3, 0.4) is 0 Å². The van der Waals surface area contributed by atoms with Gasteiger partial charge in [-0.05, 0) is 42.3 Å². The molecule has 3 rings (SSSR count). The van der Waals surface area contributed by atoms with Gasteiger partial charge in [0.2, 0.25) is 17.7 Å². The number of aromatic nitrogens is 1. The van der Waals surface area contributed by atoms with Crippen LogP contribution in [-0.4, -0.2) is 57.9 Å². The minimum atomic E-state index is -1.16. The number of anilines is 1. The number of hydrogen-bond acceptors (Lipinski definition) is 6. The van der Waals surface area contributed by atoms with Crippen molar-refractivity contribution in [3.05, 3.63) is 65.9 Å². The van der Waals surface area contributed by atoms with E-state index in [4.69, 9.17) is 10.5 Å². The summed E-state index contributed by atoms with van der Waals surface area (Å²) in [6, 6.07) is 10.8. The highest BCUT2D eigenvalue weighted by molar-refractivity contribution is 6.26. The number of carbonyl (C=O) groups is 5. The highest BCUT2D eigenvalue weighted by atomic mass is 16.4. The van der Waals surface area contributed by atoms with Gasteiger partial charge in [-0.2, -0.15) is 0 Å². The first-order chi connectivity index (χ1) is 17.7. The van der Waals surface area contributed by atoms with Gasteiger partial charge >= 0.3 is 5.97 Å². The Labute approximate surface area is 212 Å². The quantitative estimate of drug-likeness (QED) is 0.205. The molecule has 0 saturated heterocycles. The van der Waals surface area contributed by atoms with Crippen LogP contribution in [-0.2, 0) is 25.6 Å². The molecule has 0 bridgehead atoms. The van der Waals surface area contributed by atoms with E-state index in [0.29, 0.717) is 11.9 Å². The number of H-pyrrole nitrogens is 1. The van der Waals surface area contributed by atoms with Crippen LogP contribution in [0.4, 0.5) is 5.69 Å². The Morgan fingerprint density at radius 2 is 1.68 bits per heavy atom. The molecule has 1 aromatic heterocycles. The second-order valence-electron chi connectivity index (χ2n) is 8.40. The normalized spacial score (nSPS) is 12.2. The molecule has 0 fully saturated rings. The summed E-state index contributed by atoms with van der Waals surface area (Å²) in [5, 5.41) is 24.9. The smallest absolute Gasteiger partial charge is 0.335 e.